The van der Waals surface area contributed by atoms with E-state index >= 15 is 0 Å². The Kier molecular flexibility index (Phi) is 2.38. The third kappa shape index (κ3) is 6.03. The summed E-state index contributed by atoms with van der Waals surface area (Å²) in [6.45, 7) is 3.07. The number of thiocarbonyl (C=S) groups is 1. The van der Waals surface area contributed by atoms with Gasteiger partial charge in [0, 0.05) is 13.3 Å². The van der Waals surface area contributed by atoms with E-state index in [-0.39, 0.29) is 0 Å². The highest BCUT2D eigenvalue weighted by molar-refractivity contribution is 7.78. The number of hydrogen-bond acceptors (Lipinski definition) is 2. The zero-order valence-corrected chi connectivity index (χ0v) is 5.92. The van der Waals surface area contributed by atoms with Gasteiger partial charge < -0.3 is 0 Å². The van der Waals surface area contributed by atoms with Crippen molar-refractivity contribution in [1.29, 1.82) is 0 Å². The van der Waals surface area contributed by atoms with Crippen LogP contribution in [0.5, 0.6) is 0 Å². The maximum atomic E-state index is 10.5. The molecule has 4 heteroatoms. The first-order valence-electron chi connectivity index (χ1n) is 1.70. The van der Waals surface area contributed by atoms with E-state index in [1.807, 2.05) is 0 Å². The van der Waals surface area contributed by atoms with Crippen molar-refractivity contribution in [3.8, 4) is 0 Å². The van der Waals surface area contributed by atoms with Gasteiger partial charge in [0.15, 0.2) is 7.29 Å². The first-order chi connectivity index (χ1) is 3.06. The van der Waals surface area contributed by atoms with E-state index in [1.54, 1.807) is 0 Å². The molecule has 0 spiro atoms. The van der Waals surface area contributed by atoms with E-state index < -0.39 is 7.29 Å². The fraction of sp³-hybridized carbons (Fsp3) is 0.667. The lowest BCUT2D eigenvalue weighted by Crippen LogP contribution is -1.62. The van der Waals surface area contributed by atoms with Gasteiger partial charge in [0.05, 0.1) is 5.16 Å². The summed E-state index contributed by atoms with van der Waals surface area (Å²) in [5.41, 5.74) is 0. The smallest absolute Gasteiger partial charge is 0.193 e. The first-order valence-corrected chi connectivity index (χ1v) is 4.67. The number of isothiocyanates is 1. The second-order valence-electron chi connectivity index (χ2n) is 1.49. The van der Waals surface area contributed by atoms with Gasteiger partial charge in [-0.05, 0) is 12.2 Å². The van der Waals surface area contributed by atoms with Crippen molar-refractivity contribution >= 4 is 24.7 Å². The SMILES string of the molecule is CP(C)(=O)N=C=S. The zero-order chi connectivity index (χ0) is 5.91. The molecule has 0 aromatic rings. The summed E-state index contributed by atoms with van der Waals surface area (Å²) < 4.78 is 13.9. The molecular formula is C3H6NOPS. The van der Waals surface area contributed by atoms with Gasteiger partial charge in [-0.15, -0.1) is 0 Å². The average Bonchev–Trinajstić information content (AvgIpc) is 1.30. The van der Waals surface area contributed by atoms with E-state index in [4.69, 9.17) is 0 Å². The highest BCUT2D eigenvalue weighted by Crippen LogP contribution is 2.36. The van der Waals surface area contributed by atoms with Crippen molar-refractivity contribution in [3.05, 3.63) is 0 Å². The molecule has 40 valence electrons. The molecule has 0 amide bonds. The van der Waals surface area contributed by atoms with E-state index in [2.05, 4.69) is 22.1 Å². The van der Waals surface area contributed by atoms with Crippen LogP contribution in [0.2, 0.25) is 0 Å². The van der Waals surface area contributed by atoms with Crippen LogP contribution in [0, 0.1) is 0 Å². The van der Waals surface area contributed by atoms with Crippen LogP contribution in [0.4, 0.5) is 0 Å². The quantitative estimate of drug-likeness (QED) is 0.310. The number of nitrogens with zero attached hydrogens (tertiary/aromatic N) is 1. The summed E-state index contributed by atoms with van der Waals surface area (Å²) in [6, 6.07) is 0. The van der Waals surface area contributed by atoms with Crippen LogP contribution < -0.4 is 0 Å². The lowest BCUT2D eigenvalue weighted by Gasteiger charge is -1.88. The fourth-order valence-corrected chi connectivity index (χ4v) is 0.885. The molecule has 0 fully saturated rings. The predicted octanol–water partition coefficient (Wildman–Crippen LogP) is 1.63. The first kappa shape index (κ1) is 7.03. The van der Waals surface area contributed by atoms with Gasteiger partial charge in [-0.1, -0.05) is 0 Å². The molecule has 0 N–H and O–H groups in total. The molecular weight excluding hydrogens is 129 g/mol. The molecule has 0 aliphatic heterocycles. The van der Waals surface area contributed by atoms with E-state index in [0.717, 1.165) is 0 Å². The molecule has 0 aliphatic carbocycles. The molecule has 0 bridgehead atoms. The molecule has 0 heterocycles. The third-order valence-electron chi connectivity index (χ3n) is 0.282. The van der Waals surface area contributed by atoms with Crippen LogP contribution in [-0.2, 0) is 4.57 Å². The summed E-state index contributed by atoms with van der Waals surface area (Å²) in [4.78, 5) is 0. The normalized spacial score (nSPS) is 10.0. The van der Waals surface area contributed by atoms with Gasteiger partial charge in [-0.25, -0.2) is 0 Å². The Morgan fingerprint density at radius 2 is 2.14 bits per heavy atom. The van der Waals surface area contributed by atoms with Gasteiger partial charge in [0.1, 0.15) is 0 Å². The van der Waals surface area contributed by atoms with Crippen LogP contribution in [0.1, 0.15) is 0 Å². The van der Waals surface area contributed by atoms with Crippen LogP contribution in [-0.4, -0.2) is 18.5 Å². The topological polar surface area (TPSA) is 29.4 Å². The Labute approximate surface area is 48.1 Å². The summed E-state index contributed by atoms with van der Waals surface area (Å²) in [5.74, 6) is 0. The molecule has 0 aromatic carbocycles. The van der Waals surface area contributed by atoms with Gasteiger partial charge >= 0.3 is 0 Å². The summed E-state index contributed by atoms with van der Waals surface area (Å²) in [6.07, 6.45) is 0. The van der Waals surface area contributed by atoms with Crippen LogP contribution >= 0.6 is 19.5 Å². The Morgan fingerprint density at radius 1 is 1.71 bits per heavy atom. The highest BCUT2D eigenvalue weighted by Gasteiger charge is 1.98. The maximum Gasteiger partial charge on any atom is 0.193 e. The summed E-state index contributed by atoms with van der Waals surface area (Å²) in [5, 5.41) is 2.05. The minimum atomic E-state index is -2.26. The molecule has 0 atom stereocenters. The lowest BCUT2D eigenvalue weighted by molar-refractivity contribution is 0.584. The molecule has 2 nitrogen and oxygen atoms in total. The Morgan fingerprint density at radius 3 is 2.14 bits per heavy atom. The van der Waals surface area contributed by atoms with E-state index in [9.17, 15) is 4.57 Å². The second kappa shape index (κ2) is 2.37. The summed E-state index contributed by atoms with van der Waals surface area (Å²) >= 11 is 4.21. The molecule has 0 aliphatic rings. The van der Waals surface area contributed by atoms with Crippen LogP contribution in [0.25, 0.3) is 0 Å². The average molecular weight is 135 g/mol. The molecule has 0 radical (unpaired) electrons. The van der Waals surface area contributed by atoms with Gasteiger partial charge in [0.25, 0.3) is 0 Å². The zero-order valence-electron chi connectivity index (χ0n) is 4.21. The molecule has 0 rings (SSSR count). The Bertz CT molecular complexity index is 143. The van der Waals surface area contributed by atoms with Crippen molar-refractivity contribution in [1.82, 2.24) is 0 Å². The van der Waals surface area contributed by atoms with Gasteiger partial charge in [-0.2, -0.15) is 4.76 Å². The van der Waals surface area contributed by atoms with Crippen LogP contribution in [0.3, 0.4) is 0 Å². The van der Waals surface area contributed by atoms with E-state index in [0.29, 0.717) is 0 Å². The predicted molar refractivity (Wildman–Crippen MR) is 34.5 cm³/mol. The van der Waals surface area contributed by atoms with Crippen molar-refractivity contribution in [2.45, 2.75) is 0 Å². The monoisotopic (exact) mass is 135 g/mol. The van der Waals surface area contributed by atoms with Crippen molar-refractivity contribution in [3.63, 3.8) is 0 Å². The largest absolute Gasteiger partial charge is 0.298 e. The van der Waals surface area contributed by atoms with Gasteiger partial charge in [-0.3, -0.25) is 4.57 Å². The Balaban J connectivity index is 4.10. The summed E-state index contributed by atoms with van der Waals surface area (Å²) in [7, 11) is -2.26. The van der Waals surface area contributed by atoms with Crippen molar-refractivity contribution in [2.24, 2.45) is 4.76 Å². The second-order valence-corrected chi connectivity index (χ2v) is 4.46. The van der Waals surface area contributed by atoms with Crippen LogP contribution in [0.15, 0.2) is 4.76 Å². The van der Waals surface area contributed by atoms with E-state index in [1.165, 1.54) is 13.3 Å². The van der Waals surface area contributed by atoms with Gasteiger partial charge in [0.2, 0.25) is 0 Å². The maximum absolute atomic E-state index is 10.5. The van der Waals surface area contributed by atoms with Crippen molar-refractivity contribution < 1.29 is 4.57 Å². The number of hydrogen-bond donors (Lipinski definition) is 0. The number of rotatable bonds is 1. The fourth-order valence-electron chi connectivity index (χ4n) is 0.0983. The lowest BCUT2D eigenvalue weighted by atomic mass is 11.8. The third-order valence-corrected chi connectivity index (χ3v) is 1.09. The molecule has 0 unspecified atom stereocenters. The standard InChI is InChI=1S/C3H6NOPS/c1-6(2,5)4-3-7/h1-2H3. The molecule has 0 saturated heterocycles. The molecule has 7 heavy (non-hydrogen) atoms. The molecule has 0 saturated carbocycles. The minimum absolute atomic E-state index is 1.53. The minimum Gasteiger partial charge on any atom is -0.298 e. The highest BCUT2D eigenvalue weighted by atomic mass is 32.1. The molecule has 0 aromatic heterocycles. The Hall–Kier alpha value is 0.0300. The van der Waals surface area contributed by atoms with Crippen molar-refractivity contribution in [2.75, 3.05) is 13.3 Å².